The van der Waals surface area contributed by atoms with Crippen LogP contribution in [0.5, 0.6) is 5.75 Å². The van der Waals surface area contributed by atoms with Crippen molar-refractivity contribution in [2.75, 3.05) is 7.11 Å². The highest BCUT2D eigenvalue weighted by Crippen LogP contribution is 2.24. The largest absolute Gasteiger partial charge is 0.497 e. The second kappa shape index (κ2) is 5.61. The lowest BCUT2D eigenvalue weighted by molar-refractivity contribution is 0.415. The number of nitrogens with one attached hydrogen (secondary N) is 1. The van der Waals surface area contributed by atoms with Crippen LogP contribution in [0.25, 0.3) is 0 Å². The average Bonchev–Trinajstić information content (AvgIpc) is 2.79. The van der Waals surface area contributed by atoms with Gasteiger partial charge in [0.1, 0.15) is 10.6 Å². The van der Waals surface area contributed by atoms with Crippen molar-refractivity contribution in [1.29, 1.82) is 0 Å². The number of benzene rings is 2. The Morgan fingerprint density at radius 3 is 2.82 bits per heavy atom. The van der Waals surface area contributed by atoms with Crippen molar-refractivity contribution >= 4 is 22.1 Å². The summed E-state index contributed by atoms with van der Waals surface area (Å²) in [6.45, 7) is 0. The summed E-state index contributed by atoms with van der Waals surface area (Å²) in [7, 11) is -2.04. The summed E-state index contributed by atoms with van der Waals surface area (Å²) >= 11 is 0. The average molecular weight is 315 g/mol. The molecule has 0 atom stereocenters. The third kappa shape index (κ3) is 2.71. The predicted octanol–water partition coefficient (Wildman–Crippen LogP) is 1.77. The van der Waals surface area contributed by atoms with Gasteiger partial charge in [-0.1, -0.05) is 24.3 Å². The second-order valence-electron chi connectivity index (χ2n) is 4.56. The fourth-order valence-electron chi connectivity index (χ4n) is 2.08. The molecule has 0 bridgehead atoms. The lowest BCUT2D eigenvalue weighted by atomic mass is 10.2. The monoisotopic (exact) mass is 315 g/mol. The maximum Gasteiger partial charge on any atom is 0.285 e. The summed E-state index contributed by atoms with van der Waals surface area (Å²) in [4.78, 5) is 0.189. The summed E-state index contributed by atoms with van der Waals surface area (Å²) in [5.74, 6) is 0.935. The van der Waals surface area contributed by atoms with Gasteiger partial charge in [-0.15, -0.1) is 4.40 Å². The first-order valence-electron chi connectivity index (χ1n) is 6.48. The molecule has 0 aliphatic carbocycles. The first-order valence-corrected chi connectivity index (χ1v) is 7.92. The number of amidine groups is 1. The molecule has 22 heavy (non-hydrogen) atoms. The van der Waals surface area contributed by atoms with E-state index in [1.807, 2.05) is 24.3 Å². The molecule has 1 heterocycles. The number of sulfonamides is 1. The topological polar surface area (TPSA) is 80.1 Å². The molecule has 0 unspecified atom stereocenters. The zero-order chi connectivity index (χ0) is 15.6. The van der Waals surface area contributed by atoms with E-state index in [1.165, 1.54) is 6.07 Å². The van der Waals surface area contributed by atoms with Crippen LogP contribution in [0.4, 0.5) is 0 Å². The van der Waals surface area contributed by atoms with Crippen molar-refractivity contribution < 1.29 is 13.2 Å². The number of fused-ring (bicyclic) bond motifs is 1. The fraction of sp³-hybridized carbons (Fsp3) is 0.0667. The summed E-state index contributed by atoms with van der Waals surface area (Å²) < 4.78 is 32.6. The van der Waals surface area contributed by atoms with Crippen LogP contribution in [0.1, 0.15) is 11.1 Å². The van der Waals surface area contributed by atoms with E-state index in [0.29, 0.717) is 5.56 Å². The standard InChI is InChI=1S/C15H13N3O3S/c1-21-12-6-4-5-11(9-12)10-16-17-15-13-7-2-3-8-14(13)22(19,20)18-15/h2-10H,1H3,(H,17,18). The molecule has 0 fully saturated rings. The lowest BCUT2D eigenvalue weighted by Gasteiger charge is -2.01. The molecule has 0 radical (unpaired) electrons. The molecular weight excluding hydrogens is 302 g/mol. The van der Waals surface area contributed by atoms with Gasteiger partial charge >= 0.3 is 0 Å². The van der Waals surface area contributed by atoms with Crippen LogP contribution in [0.2, 0.25) is 0 Å². The van der Waals surface area contributed by atoms with Crippen LogP contribution in [-0.4, -0.2) is 27.6 Å². The Kier molecular flexibility index (Phi) is 3.64. The first kappa shape index (κ1) is 14.3. The third-order valence-corrected chi connectivity index (χ3v) is 4.44. The lowest BCUT2D eigenvalue weighted by Crippen LogP contribution is -2.17. The molecule has 0 saturated heterocycles. The summed E-state index contributed by atoms with van der Waals surface area (Å²) in [6, 6.07) is 14.0. The maximum absolute atomic E-state index is 11.9. The summed E-state index contributed by atoms with van der Waals surface area (Å²) in [5.41, 5.74) is 4.02. The van der Waals surface area contributed by atoms with Crippen LogP contribution < -0.4 is 10.2 Å². The molecular formula is C15H13N3O3S. The van der Waals surface area contributed by atoms with Gasteiger partial charge in [0.2, 0.25) is 0 Å². The number of rotatable bonds is 3. The van der Waals surface area contributed by atoms with E-state index < -0.39 is 10.0 Å². The molecule has 1 N–H and O–H groups in total. The Bertz CT molecular complexity index is 873. The van der Waals surface area contributed by atoms with E-state index in [-0.39, 0.29) is 10.7 Å². The van der Waals surface area contributed by atoms with Gasteiger partial charge in [-0.25, -0.2) is 0 Å². The summed E-state index contributed by atoms with van der Waals surface area (Å²) in [5, 5.41) is 4.04. The molecule has 0 spiro atoms. The zero-order valence-electron chi connectivity index (χ0n) is 11.7. The van der Waals surface area contributed by atoms with Gasteiger partial charge in [0, 0.05) is 5.56 Å². The van der Waals surface area contributed by atoms with Crippen molar-refractivity contribution in [3.05, 3.63) is 59.7 Å². The van der Waals surface area contributed by atoms with Crippen LogP contribution in [0.15, 0.2) is 62.9 Å². The minimum atomic E-state index is -3.63. The third-order valence-electron chi connectivity index (χ3n) is 3.11. The SMILES string of the molecule is COc1cccc(C=NNC2=NS(=O)(=O)c3ccccc32)c1. The van der Waals surface area contributed by atoms with Crippen LogP contribution >= 0.6 is 0 Å². The molecule has 1 aliphatic rings. The molecule has 6 nitrogen and oxygen atoms in total. The normalized spacial score (nSPS) is 15.4. The van der Waals surface area contributed by atoms with Crippen LogP contribution in [0, 0.1) is 0 Å². The minimum absolute atomic E-state index is 0.189. The molecule has 3 rings (SSSR count). The van der Waals surface area contributed by atoms with Gasteiger partial charge < -0.3 is 4.74 Å². The van der Waals surface area contributed by atoms with E-state index in [9.17, 15) is 8.42 Å². The Morgan fingerprint density at radius 2 is 2.00 bits per heavy atom. The van der Waals surface area contributed by atoms with Crippen molar-refractivity contribution in [2.24, 2.45) is 9.50 Å². The molecule has 0 aromatic heterocycles. The smallest absolute Gasteiger partial charge is 0.285 e. The van der Waals surface area contributed by atoms with E-state index in [4.69, 9.17) is 4.74 Å². The van der Waals surface area contributed by atoms with Gasteiger partial charge in [0.05, 0.1) is 13.3 Å². The predicted molar refractivity (Wildman–Crippen MR) is 83.9 cm³/mol. The number of ether oxygens (including phenoxy) is 1. The highest BCUT2D eigenvalue weighted by molar-refractivity contribution is 7.90. The Balaban J connectivity index is 1.81. The molecule has 112 valence electrons. The zero-order valence-corrected chi connectivity index (χ0v) is 12.5. The summed E-state index contributed by atoms with van der Waals surface area (Å²) in [6.07, 6.45) is 1.57. The molecule has 7 heteroatoms. The van der Waals surface area contributed by atoms with Crippen molar-refractivity contribution in [2.45, 2.75) is 4.90 Å². The van der Waals surface area contributed by atoms with E-state index >= 15 is 0 Å². The van der Waals surface area contributed by atoms with E-state index in [0.717, 1.165) is 11.3 Å². The van der Waals surface area contributed by atoms with E-state index in [2.05, 4.69) is 14.9 Å². The molecule has 0 amide bonds. The van der Waals surface area contributed by atoms with Crippen molar-refractivity contribution in [1.82, 2.24) is 5.43 Å². The number of methoxy groups -OCH3 is 1. The van der Waals surface area contributed by atoms with Gasteiger partial charge in [0.15, 0.2) is 5.84 Å². The number of nitrogens with zero attached hydrogens (tertiary/aromatic N) is 2. The Morgan fingerprint density at radius 1 is 1.18 bits per heavy atom. The Labute approximate surface area is 128 Å². The maximum atomic E-state index is 11.9. The number of hydrazone groups is 1. The first-order chi connectivity index (χ1) is 10.6. The number of hydrogen-bond acceptors (Lipinski definition) is 5. The van der Waals surface area contributed by atoms with Gasteiger partial charge in [-0.2, -0.15) is 13.5 Å². The minimum Gasteiger partial charge on any atom is -0.497 e. The fourth-order valence-corrected chi connectivity index (χ4v) is 3.25. The van der Waals surface area contributed by atoms with Crippen molar-refractivity contribution in [3.8, 4) is 5.75 Å². The molecule has 2 aromatic carbocycles. The van der Waals surface area contributed by atoms with Crippen LogP contribution in [-0.2, 0) is 10.0 Å². The molecule has 2 aromatic rings. The highest BCUT2D eigenvalue weighted by atomic mass is 32.2. The second-order valence-corrected chi connectivity index (χ2v) is 6.13. The van der Waals surface area contributed by atoms with Crippen LogP contribution in [0.3, 0.4) is 0 Å². The van der Waals surface area contributed by atoms with E-state index in [1.54, 1.807) is 31.5 Å². The quantitative estimate of drug-likeness (QED) is 0.691. The number of hydrogen-bond donors (Lipinski definition) is 1. The molecule has 1 aliphatic heterocycles. The van der Waals surface area contributed by atoms with Gasteiger partial charge in [-0.3, -0.25) is 5.43 Å². The highest BCUT2D eigenvalue weighted by Gasteiger charge is 2.28. The molecule has 0 saturated carbocycles. The van der Waals surface area contributed by atoms with Gasteiger partial charge in [-0.05, 0) is 29.8 Å². The Hall–Kier alpha value is -2.67. The van der Waals surface area contributed by atoms with Gasteiger partial charge in [0.25, 0.3) is 10.0 Å². The van der Waals surface area contributed by atoms with Crippen molar-refractivity contribution in [3.63, 3.8) is 0 Å².